The summed E-state index contributed by atoms with van der Waals surface area (Å²) in [4.78, 5) is 11.2. The molecule has 0 aromatic heterocycles. The second kappa shape index (κ2) is 6.52. The van der Waals surface area contributed by atoms with Crippen LogP contribution in [0.1, 0.15) is 30.4 Å². The molecule has 0 spiro atoms. The van der Waals surface area contributed by atoms with E-state index >= 15 is 0 Å². The number of nitrogens with one attached hydrogen (secondary N) is 2. The van der Waals surface area contributed by atoms with Gasteiger partial charge in [0.2, 0.25) is 5.91 Å². The zero-order chi connectivity index (χ0) is 12.8. The fraction of sp³-hybridized carbons (Fsp3) is 0.500. The average Bonchev–Trinajstić information content (AvgIpc) is 2.61. The Labute approximate surface area is 107 Å². The van der Waals surface area contributed by atoms with Gasteiger partial charge in [-0.1, -0.05) is 24.3 Å². The third kappa shape index (κ3) is 3.82. The van der Waals surface area contributed by atoms with E-state index in [0.717, 1.165) is 31.5 Å². The van der Waals surface area contributed by atoms with Crippen molar-refractivity contribution in [2.45, 2.75) is 38.5 Å². The van der Waals surface area contributed by atoms with Crippen LogP contribution >= 0.6 is 0 Å². The van der Waals surface area contributed by atoms with E-state index in [1.807, 2.05) is 24.3 Å². The molecule has 1 amide bonds. The minimum Gasteiger partial charge on any atom is -0.392 e. The van der Waals surface area contributed by atoms with Crippen LogP contribution in [-0.2, 0) is 17.9 Å². The summed E-state index contributed by atoms with van der Waals surface area (Å²) in [5.41, 5.74) is 2.11. The van der Waals surface area contributed by atoms with Gasteiger partial charge in [-0.3, -0.25) is 4.79 Å². The second-order valence-corrected chi connectivity index (χ2v) is 4.73. The molecule has 2 rings (SSSR count). The van der Waals surface area contributed by atoms with Crippen LogP contribution in [-0.4, -0.2) is 23.6 Å². The van der Waals surface area contributed by atoms with Gasteiger partial charge in [0.25, 0.3) is 0 Å². The van der Waals surface area contributed by atoms with E-state index in [9.17, 15) is 4.79 Å². The third-order valence-electron chi connectivity index (χ3n) is 3.30. The molecule has 0 bridgehead atoms. The molecule has 4 nitrogen and oxygen atoms in total. The first-order chi connectivity index (χ1) is 8.78. The van der Waals surface area contributed by atoms with Gasteiger partial charge in [-0.2, -0.15) is 0 Å². The van der Waals surface area contributed by atoms with Crippen molar-refractivity contribution < 1.29 is 9.90 Å². The van der Waals surface area contributed by atoms with E-state index < -0.39 is 0 Å². The standard InChI is InChI=1S/C14H20N2O2/c17-10-12-3-1-2-11(8-12)9-16-13-4-5-14(18)15-7-6-13/h1-3,8,13,16-17H,4-7,9-10H2,(H,15,18)/t13-/m1/s1. The van der Waals surface area contributed by atoms with Gasteiger partial charge in [-0.05, 0) is 24.0 Å². The zero-order valence-electron chi connectivity index (χ0n) is 10.5. The minimum atomic E-state index is 0.0791. The van der Waals surface area contributed by atoms with E-state index in [4.69, 9.17) is 5.11 Å². The molecule has 0 radical (unpaired) electrons. The lowest BCUT2D eigenvalue weighted by molar-refractivity contribution is -0.120. The molecule has 1 fully saturated rings. The highest BCUT2D eigenvalue weighted by molar-refractivity contribution is 5.76. The van der Waals surface area contributed by atoms with E-state index in [2.05, 4.69) is 10.6 Å². The van der Waals surface area contributed by atoms with Gasteiger partial charge in [0.15, 0.2) is 0 Å². The molecule has 1 aliphatic heterocycles. The lowest BCUT2D eigenvalue weighted by Crippen LogP contribution is -2.29. The molecule has 1 aliphatic rings. The molecule has 3 N–H and O–H groups in total. The van der Waals surface area contributed by atoms with Crippen molar-refractivity contribution in [3.8, 4) is 0 Å². The van der Waals surface area contributed by atoms with Gasteiger partial charge in [0.1, 0.15) is 0 Å². The van der Waals surface area contributed by atoms with Crippen LogP contribution in [0.25, 0.3) is 0 Å². The summed E-state index contributed by atoms with van der Waals surface area (Å²) in [6.07, 6.45) is 2.48. The van der Waals surface area contributed by atoms with Crippen LogP contribution in [0.5, 0.6) is 0 Å². The van der Waals surface area contributed by atoms with Gasteiger partial charge < -0.3 is 15.7 Å². The highest BCUT2D eigenvalue weighted by atomic mass is 16.3. The Bertz CT molecular complexity index is 407. The number of rotatable bonds is 4. The summed E-state index contributed by atoms with van der Waals surface area (Å²) in [7, 11) is 0. The van der Waals surface area contributed by atoms with E-state index in [1.54, 1.807) is 0 Å². The van der Waals surface area contributed by atoms with Gasteiger partial charge >= 0.3 is 0 Å². The van der Waals surface area contributed by atoms with Crippen LogP contribution < -0.4 is 10.6 Å². The van der Waals surface area contributed by atoms with Crippen molar-refractivity contribution in [1.29, 1.82) is 0 Å². The smallest absolute Gasteiger partial charge is 0.220 e. The highest BCUT2D eigenvalue weighted by Crippen LogP contribution is 2.09. The summed E-state index contributed by atoms with van der Waals surface area (Å²) in [5.74, 6) is 0.154. The average molecular weight is 248 g/mol. The highest BCUT2D eigenvalue weighted by Gasteiger charge is 2.15. The van der Waals surface area contributed by atoms with Gasteiger partial charge in [0, 0.05) is 25.6 Å². The number of hydrogen-bond acceptors (Lipinski definition) is 3. The van der Waals surface area contributed by atoms with Crippen molar-refractivity contribution in [2.24, 2.45) is 0 Å². The second-order valence-electron chi connectivity index (χ2n) is 4.73. The van der Waals surface area contributed by atoms with Crippen LogP contribution in [0.2, 0.25) is 0 Å². The van der Waals surface area contributed by atoms with E-state index in [1.165, 1.54) is 5.56 Å². The fourth-order valence-corrected chi connectivity index (χ4v) is 2.23. The van der Waals surface area contributed by atoms with E-state index in [0.29, 0.717) is 12.5 Å². The number of aliphatic hydroxyl groups excluding tert-OH is 1. The maximum absolute atomic E-state index is 11.2. The quantitative estimate of drug-likeness (QED) is 0.743. The normalized spacial score (nSPS) is 20.3. The first-order valence-corrected chi connectivity index (χ1v) is 6.46. The number of aliphatic hydroxyl groups is 1. The van der Waals surface area contributed by atoms with Gasteiger partial charge in [0.05, 0.1) is 6.61 Å². The lowest BCUT2D eigenvalue weighted by Gasteiger charge is -2.15. The summed E-state index contributed by atoms with van der Waals surface area (Å²) in [5, 5.41) is 15.4. The summed E-state index contributed by atoms with van der Waals surface area (Å²) >= 11 is 0. The molecule has 0 saturated carbocycles. The number of carbonyl (C=O) groups is 1. The Balaban J connectivity index is 1.84. The third-order valence-corrected chi connectivity index (χ3v) is 3.30. The van der Waals surface area contributed by atoms with Crippen LogP contribution in [0.3, 0.4) is 0 Å². The molecular weight excluding hydrogens is 228 g/mol. The molecule has 1 heterocycles. The maximum Gasteiger partial charge on any atom is 0.220 e. The predicted octanol–water partition coefficient (Wildman–Crippen LogP) is 0.937. The molecular formula is C14H20N2O2. The Kier molecular flexibility index (Phi) is 4.73. The van der Waals surface area contributed by atoms with Crippen molar-refractivity contribution in [3.63, 3.8) is 0 Å². The zero-order valence-corrected chi connectivity index (χ0v) is 10.5. The number of hydrogen-bond donors (Lipinski definition) is 3. The Morgan fingerprint density at radius 3 is 3.00 bits per heavy atom. The molecule has 1 atom stereocenters. The van der Waals surface area contributed by atoms with Crippen LogP contribution in [0, 0.1) is 0 Å². The summed E-state index contributed by atoms with van der Waals surface area (Å²) in [6, 6.07) is 8.32. The molecule has 1 aromatic rings. The molecule has 0 aliphatic carbocycles. The molecule has 1 aromatic carbocycles. The predicted molar refractivity (Wildman–Crippen MR) is 69.9 cm³/mol. The van der Waals surface area contributed by atoms with Crippen LogP contribution in [0.15, 0.2) is 24.3 Å². The Morgan fingerprint density at radius 1 is 1.33 bits per heavy atom. The largest absolute Gasteiger partial charge is 0.392 e. The molecule has 1 saturated heterocycles. The molecule has 4 heteroatoms. The molecule has 98 valence electrons. The number of benzene rings is 1. The summed E-state index contributed by atoms with van der Waals surface area (Å²) in [6.45, 7) is 1.62. The minimum absolute atomic E-state index is 0.0791. The van der Waals surface area contributed by atoms with Crippen molar-refractivity contribution >= 4 is 5.91 Å². The van der Waals surface area contributed by atoms with Crippen molar-refractivity contribution in [2.75, 3.05) is 6.54 Å². The fourth-order valence-electron chi connectivity index (χ4n) is 2.23. The molecule has 18 heavy (non-hydrogen) atoms. The maximum atomic E-state index is 11.2. The Morgan fingerprint density at radius 2 is 2.17 bits per heavy atom. The topological polar surface area (TPSA) is 61.4 Å². The van der Waals surface area contributed by atoms with Crippen molar-refractivity contribution in [3.05, 3.63) is 35.4 Å². The number of carbonyl (C=O) groups excluding carboxylic acids is 1. The summed E-state index contributed by atoms with van der Waals surface area (Å²) < 4.78 is 0. The van der Waals surface area contributed by atoms with Gasteiger partial charge in [-0.25, -0.2) is 0 Å². The molecule has 0 unspecified atom stereocenters. The first-order valence-electron chi connectivity index (χ1n) is 6.46. The first kappa shape index (κ1) is 13.1. The number of amides is 1. The van der Waals surface area contributed by atoms with E-state index in [-0.39, 0.29) is 12.5 Å². The monoisotopic (exact) mass is 248 g/mol. The van der Waals surface area contributed by atoms with Crippen molar-refractivity contribution in [1.82, 2.24) is 10.6 Å². The van der Waals surface area contributed by atoms with Crippen LogP contribution in [0.4, 0.5) is 0 Å². The Hall–Kier alpha value is -1.39. The lowest BCUT2D eigenvalue weighted by atomic mass is 10.1. The SMILES string of the molecule is O=C1CC[C@@H](NCc2cccc(CO)c2)CCN1. The van der Waals surface area contributed by atoms with Gasteiger partial charge in [-0.15, -0.1) is 0 Å².